The van der Waals surface area contributed by atoms with Crippen molar-refractivity contribution in [1.82, 2.24) is 4.90 Å². The van der Waals surface area contributed by atoms with Gasteiger partial charge in [-0.15, -0.1) is 0 Å². The summed E-state index contributed by atoms with van der Waals surface area (Å²) in [5.41, 5.74) is 3.16. The molecule has 2 heterocycles. The Bertz CT molecular complexity index is 790. The lowest BCUT2D eigenvalue weighted by atomic mass is 10.1. The highest BCUT2D eigenvalue weighted by molar-refractivity contribution is 7.99. The maximum absolute atomic E-state index is 9.31. The van der Waals surface area contributed by atoms with Gasteiger partial charge in [-0.2, -0.15) is 5.26 Å². The molecule has 1 saturated heterocycles. The molecule has 0 bridgehead atoms. The van der Waals surface area contributed by atoms with Gasteiger partial charge < -0.3 is 9.80 Å². The molecule has 0 amide bonds. The minimum Gasteiger partial charge on any atom is -0.335 e. The average Bonchev–Trinajstić information content (AvgIpc) is 3.12. The van der Waals surface area contributed by atoms with E-state index in [0.29, 0.717) is 6.04 Å². The zero-order valence-corrected chi connectivity index (χ0v) is 14.7. The van der Waals surface area contributed by atoms with Crippen LogP contribution in [0.1, 0.15) is 25.3 Å². The summed E-state index contributed by atoms with van der Waals surface area (Å²) in [5.74, 6) is 0. The van der Waals surface area contributed by atoms with Gasteiger partial charge in [0.05, 0.1) is 23.0 Å². The highest BCUT2D eigenvalue weighted by Gasteiger charge is 2.28. The minimum atomic E-state index is 0.373. The van der Waals surface area contributed by atoms with Crippen LogP contribution in [0.5, 0.6) is 0 Å². The van der Waals surface area contributed by atoms with Crippen LogP contribution < -0.4 is 4.90 Å². The second kappa shape index (κ2) is 6.51. The molecule has 0 radical (unpaired) electrons. The van der Waals surface area contributed by atoms with Gasteiger partial charge in [-0.3, -0.25) is 0 Å². The Morgan fingerprint density at radius 2 is 1.83 bits per heavy atom. The Morgan fingerprint density at radius 3 is 2.62 bits per heavy atom. The lowest BCUT2D eigenvalue weighted by Gasteiger charge is -2.38. The second-order valence-electron chi connectivity index (χ2n) is 6.59. The van der Waals surface area contributed by atoms with Gasteiger partial charge in [0.25, 0.3) is 0 Å². The van der Waals surface area contributed by atoms with Crippen molar-refractivity contribution in [3.05, 3.63) is 48.0 Å². The standard InChI is InChI=1S/C20H21N3S/c1-15(14-22-10-4-5-11-22)23-17-6-2-3-7-19(17)24-20-9-8-16(13-21)12-18(20)23/h2-3,6-9,12,15H,4-5,10-11,14H2,1H3. The summed E-state index contributed by atoms with van der Waals surface area (Å²) in [6, 6.07) is 17.3. The van der Waals surface area contributed by atoms with Gasteiger partial charge in [-0.25, -0.2) is 0 Å². The predicted molar refractivity (Wildman–Crippen MR) is 99.0 cm³/mol. The number of likely N-dealkylation sites (tertiary alicyclic amines) is 1. The topological polar surface area (TPSA) is 30.3 Å². The molecule has 0 aliphatic carbocycles. The number of hydrogen-bond acceptors (Lipinski definition) is 4. The summed E-state index contributed by atoms with van der Waals surface area (Å²) in [5, 5.41) is 9.31. The van der Waals surface area contributed by atoms with Crippen molar-refractivity contribution in [3.8, 4) is 6.07 Å². The van der Waals surface area contributed by atoms with Crippen molar-refractivity contribution in [2.24, 2.45) is 0 Å². The largest absolute Gasteiger partial charge is 0.335 e. The Kier molecular flexibility index (Phi) is 4.22. The second-order valence-corrected chi connectivity index (χ2v) is 7.67. The van der Waals surface area contributed by atoms with Gasteiger partial charge in [0, 0.05) is 22.4 Å². The van der Waals surface area contributed by atoms with E-state index >= 15 is 0 Å². The van der Waals surface area contributed by atoms with E-state index in [0.717, 1.165) is 12.1 Å². The molecule has 24 heavy (non-hydrogen) atoms. The van der Waals surface area contributed by atoms with E-state index in [4.69, 9.17) is 0 Å². The molecule has 4 heteroatoms. The molecular formula is C20H21N3S. The summed E-state index contributed by atoms with van der Waals surface area (Å²) in [6.45, 7) is 5.78. The maximum atomic E-state index is 9.31. The van der Waals surface area contributed by atoms with Crippen LogP contribution in [0.4, 0.5) is 11.4 Å². The molecule has 4 rings (SSSR count). The van der Waals surface area contributed by atoms with Crippen LogP contribution in [0.2, 0.25) is 0 Å². The van der Waals surface area contributed by atoms with E-state index < -0.39 is 0 Å². The molecule has 0 saturated carbocycles. The molecule has 2 aromatic rings. The van der Waals surface area contributed by atoms with Gasteiger partial charge in [0.1, 0.15) is 0 Å². The van der Waals surface area contributed by atoms with Gasteiger partial charge >= 0.3 is 0 Å². The van der Waals surface area contributed by atoms with Crippen molar-refractivity contribution in [1.29, 1.82) is 5.26 Å². The van der Waals surface area contributed by atoms with E-state index in [-0.39, 0.29) is 0 Å². The van der Waals surface area contributed by atoms with Gasteiger partial charge in [0.2, 0.25) is 0 Å². The van der Waals surface area contributed by atoms with Crippen molar-refractivity contribution in [2.45, 2.75) is 35.6 Å². The number of nitrogens with zero attached hydrogens (tertiary/aromatic N) is 3. The van der Waals surface area contributed by atoms with Gasteiger partial charge in [0.15, 0.2) is 0 Å². The number of fused-ring (bicyclic) bond motifs is 2. The minimum absolute atomic E-state index is 0.373. The Balaban J connectivity index is 1.74. The number of hydrogen-bond donors (Lipinski definition) is 0. The van der Waals surface area contributed by atoms with Crippen LogP contribution in [-0.4, -0.2) is 30.6 Å². The molecule has 1 fully saturated rings. The zero-order valence-electron chi connectivity index (χ0n) is 13.9. The molecule has 2 aliphatic rings. The van der Waals surface area contributed by atoms with Crippen molar-refractivity contribution in [3.63, 3.8) is 0 Å². The Hall–Kier alpha value is -1.96. The van der Waals surface area contributed by atoms with Crippen molar-refractivity contribution in [2.75, 3.05) is 24.5 Å². The Morgan fingerprint density at radius 1 is 1.08 bits per heavy atom. The monoisotopic (exact) mass is 335 g/mol. The van der Waals surface area contributed by atoms with E-state index in [1.807, 2.05) is 12.1 Å². The third-order valence-corrected chi connectivity index (χ3v) is 5.98. The van der Waals surface area contributed by atoms with Crippen LogP contribution in [0.25, 0.3) is 0 Å². The third-order valence-electron chi connectivity index (χ3n) is 4.85. The summed E-state index contributed by atoms with van der Waals surface area (Å²) < 4.78 is 0. The van der Waals surface area contributed by atoms with Crippen LogP contribution in [0, 0.1) is 11.3 Å². The molecule has 2 aliphatic heterocycles. The van der Waals surface area contributed by atoms with Crippen LogP contribution in [0.3, 0.4) is 0 Å². The summed E-state index contributed by atoms with van der Waals surface area (Å²) in [4.78, 5) is 7.52. The maximum Gasteiger partial charge on any atom is 0.0992 e. The molecule has 1 atom stereocenters. The van der Waals surface area contributed by atoms with Gasteiger partial charge in [-0.05, 0) is 63.2 Å². The first kappa shape index (κ1) is 15.6. The highest BCUT2D eigenvalue weighted by atomic mass is 32.2. The third kappa shape index (κ3) is 2.79. The number of para-hydroxylation sites is 1. The van der Waals surface area contributed by atoms with E-state index in [9.17, 15) is 5.26 Å². The predicted octanol–water partition coefficient (Wildman–Crippen LogP) is 4.65. The Labute approximate surface area is 147 Å². The molecular weight excluding hydrogens is 314 g/mol. The van der Waals surface area contributed by atoms with Crippen LogP contribution in [-0.2, 0) is 0 Å². The van der Waals surface area contributed by atoms with E-state index in [1.165, 1.54) is 47.1 Å². The molecule has 3 nitrogen and oxygen atoms in total. The first-order valence-electron chi connectivity index (χ1n) is 8.59. The number of nitriles is 1. The van der Waals surface area contributed by atoms with Gasteiger partial charge in [-0.1, -0.05) is 23.9 Å². The fraction of sp³-hybridized carbons (Fsp3) is 0.350. The van der Waals surface area contributed by atoms with E-state index in [1.54, 1.807) is 11.8 Å². The average molecular weight is 335 g/mol. The fourth-order valence-electron chi connectivity index (χ4n) is 3.75. The van der Waals surface area contributed by atoms with Crippen LogP contribution in [0.15, 0.2) is 52.3 Å². The lowest BCUT2D eigenvalue weighted by Crippen LogP contribution is -2.40. The first-order chi connectivity index (χ1) is 11.8. The zero-order chi connectivity index (χ0) is 16.5. The molecule has 2 aromatic carbocycles. The number of benzene rings is 2. The number of anilines is 2. The van der Waals surface area contributed by atoms with Crippen molar-refractivity contribution < 1.29 is 0 Å². The van der Waals surface area contributed by atoms with E-state index in [2.05, 4.69) is 53.1 Å². The number of rotatable bonds is 3. The lowest BCUT2D eigenvalue weighted by molar-refractivity contribution is 0.319. The summed E-state index contributed by atoms with van der Waals surface area (Å²) >= 11 is 1.80. The summed E-state index contributed by atoms with van der Waals surface area (Å²) in [6.07, 6.45) is 2.63. The smallest absolute Gasteiger partial charge is 0.0992 e. The van der Waals surface area contributed by atoms with Crippen LogP contribution >= 0.6 is 11.8 Å². The highest BCUT2D eigenvalue weighted by Crippen LogP contribution is 2.49. The molecule has 122 valence electrons. The quantitative estimate of drug-likeness (QED) is 0.817. The molecule has 1 unspecified atom stereocenters. The molecule has 0 N–H and O–H groups in total. The van der Waals surface area contributed by atoms with Crippen molar-refractivity contribution >= 4 is 23.1 Å². The molecule has 0 spiro atoms. The molecule has 0 aromatic heterocycles. The fourth-order valence-corrected chi connectivity index (χ4v) is 4.80. The summed E-state index contributed by atoms with van der Waals surface area (Å²) in [7, 11) is 0. The first-order valence-corrected chi connectivity index (χ1v) is 9.40. The SMILES string of the molecule is CC(CN1CCCC1)N1c2ccccc2Sc2ccc(C#N)cc21. The normalized spacial score (nSPS) is 17.9.